The highest BCUT2D eigenvalue weighted by Gasteiger charge is 2.16. The fourth-order valence-corrected chi connectivity index (χ4v) is 1.58. The van der Waals surface area contributed by atoms with Crippen molar-refractivity contribution in [3.05, 3.63) is 16.6 Å². The zero-order valence-electron chi connectivity index (χ0n) is 6.65. The van der Waals surface area contributed by atoms with E-state index < -0.39 is 0 Å². The van der Waals surface area contributed by atoms with Gasteiger partial charge in [0.05, 0.1) is 5.71 Å². The molecule has 5 heteroatoms. The van der Waals surface area contributed by atoms with Gasteiger partial charge >= 0.3 is 0 Å². The maximum Gasteiger partial charge on any atom is 0.189 e. The fourth-order valence-electron chi connectivity index (χ4n) is 1.58. The molecule has 0 saturated heterocycles. The van der Waals surface area contributed by atoms with E-state index in [0.717, 1.165) is 28.4 Å². The highest BCUT2D eigenvalue weighted by molar-refractivity contribution is 6.21. The van der Waals surface area contributed by atoms with Crippen molar-refractivity contribution in [2.24, 2.45) is 15.4 Å². The molecule has 0 atom stereocenters. The standard InChI is InChI=1S/C8H6N4O/c13-7-3-4-5(9-7)1-2-6-8(4)11-12-10-6/h1,3,9,13H,2H2. The van der Waals surface area contributed by atoms with E-state index in [-0.39, 0.29) is 5.88 Å². The number of aromatic hydroxyl groups is 1. The summed E-state index contributed by atoms with van der Waals surface area (Å²) in [7, 11) is 0. The molecule has 1 aliphatic heterocycles. The van der Waals surface area contributed by atoms with Crippen LogP contribution in [-0.2, 0) is 0 Å². The Kier molecular flexibility index (Phi) is 1.05. The molecule has 13 heavy (non-hydrogen) atoms. The summed E-state index contributed by atoms with van der Waals surface area (Å²) in [5, 5.41) is 22.4. The molecule has 0 fully saturated rings. The van der Waals surface area contributed by atoms with E-state index in [9.17, 15) is 5.11 Å². The largest absolute Gasteiger partial charge is 0.495 e. The van der Waals surface area contributed by atoms with Gasteiger partial charge in [-0.25, -0.2) is 0 Å². The highest BCUT2D eigenvalue weighted by Crippen LogP contribution is 2.14. The molecule has 1 aromatic rings. The topological polar surface area (TPSA) is 73.1 Å². The van der Waals surface area contributed by atoms with Gasteiger partial charge in [0, 0.05) is 23.1 Å². The van der Waals surface area contributed by atoms with Crippen LogP contribution in [0, 0.1) is 0 Å². The van der Waals surface area contributed by atoms with Crippen molar-refractivity contribution in [3.8, 4) is 5.88 Å². The summed E-state index contributed by atoms with van der Waals surface area (Å²) in [4.78, 5) is 2.83. The van der Waals surface area contributed by atoms with Crippen LogP contribution in [-0.4, -0.2) is 15.8 Å². The molecule has 2 N–H and O–H groups in total. The summed E-state index contributed by atoms with van der Waals surface area (Å²) in [5.74, 6) is 0.150. The molecule has 5 nitrogen and oxygen atoms in total. The maximum absolute atomic E-state index is 9.24. The quantitative estimate of drug-likeness (QED) is 0.563. The van der Waals surface area contributed by atoms with Crippen LogP contribution < -0.4 is 10.6 Å². The minimum absolute atomic E-state index is 0.150. The van der Waals surface area contributed by atoms with Crippen molar-refractivity contribution >= 4 is 17.5 Å². The molecule has 0 aromatic carbocycles. The van der Waals surface area contributed by atoms with Crippen LogP contribution in [0.4, 0.5) is 0 Å². The average Bonchev–Trinajstić information content (AvgIpc) is 2.65. The maximum atomic E-state index is 9.24. The number of fused-ring (bicyclic) bond motifs is 2. The van der Waals surface area contributed by atoms with Crippen LogP contribution in [0.3, 0.4) is 0 Å². The lowest BCUT2D eigenvalue weighted by molar-refractivity contribution is 0.456. The molecule has 0 unspecified atom stereocenters. The molecular formula is C8H6N4O. The Morgan fingerprint density at radius 2 is 2.38 bits per heavy atom. The van der Waals surface area contributed by atoms with Gasteiger partial charge in [0.1, 0.15) is 5.70 Å². The predicted molar refractivity (Wildman–Crippen MR) is 46.5 cm³/mol. The molecule has 2 heterocycles. The molecule has 0 radical (unpaired) electrons. The van der Waals surface area contributed by atoms with Gasteiger partial charge in [0.2, 0.25) is 0 Å². The van der Waals surface area contributed by atoms with Crippen LogP contribution in [0.1, 0.15) is 6.42 Å². The van der Waals surface area contributed by atoms with Crippen LogP contribution in [0.25, 0.3) is 11.8 Å². The Bertz CT molecular complexity index is 549. The predicted octanol–water partition coefficient (Wildman–Crippen LogP) is -0.165. The molecule has 64 valence electrons. The normalized spacial score (nSPS) is 17.8. The number of hydrogen-bond donors (Lipinski definition) is 2. The lowest BCUT2D eigenvalue weighted by atomic mass is 10.1. The van der Waals surface area contributed by atoms with Crippen LogP contribution >= 0.6 is 0 Å². The van der Waals surface area contributed by atoms with Crippen molar-refractivity contribution in [1.29, 1.82) is 0 Å². The van der Waals surface area contributed by atoms with Gasteiger partial charge in [-0.1, -0.05) is 6.08 Å². The van der Waals surface area contributed by atoms with E-state index in [4.69, 9.17) is 0 Å². The number of H-pyrrole nitrogens is 1. The number of nitrogens with one attached hydrogen (secondary N) is 1. The molecule has 2 aliphatic rings. The number of aromatic amines is 1. The Morgan fingerprint density at radius 1 is 1.46 bits per heavy atom. The molecule has 1 aromatic heterocycles. The zero-order chi connectivity index (χ0) is 8.84. The van der Waals surface area contributed by atoms with Crippen molar-refractivity contribution in [2.75, 3.05) is 0 Å². The van der Waals surface area contributed by atoms with Crippen LogP contribution in [0.2, 0.25) is 0 Å². The zero-order valence-corrected chi connectivity index (χ0v) is 6.65. The van der Waals surface area contributed by atoms with E-state index in [1.54, 1.807) is 6.07 Å². The van der Waals surface area contributed by atoms with Crippen molar-refractivity contribution in [1.82, 2.24) is 4.98 Å². The smallest absolute Gasteiger partial charge is 0.189 e. The second kappa shape index (κ2) is 2.07. The molecular weight excluding hydrogens is 168 g/mol. The summed E-state index contributed by atoms with van der Waals surface area (Å²) in [5.41, 5.74) is 1.64. The van der Waals surface area contributed by atoms with E-state index in [1.165, 1.54) is 0 Å². The average molecular weight is 174 g/mol. The summed E-state index contributed by atoms with van der Waals surface area (Å²) >= 11 is 0. The summed E-state index contributed by atoms with van der Waals surface area (Å²) in [6, 6.07) is 1.64. The third-order valence-corrected chi connectivity index (χ3v) is 2.17. The van der Waals surface area contributed by atoms with E-state index >= 15 is 0 Å². The first-order valence-corrected chi connectivity index (χ1v) is 3.95. The van der Waals surface area contributed by atoms with Gasteiger partial charge in [0.25, 0.3) is 0 Å². The van der Waals surface area contributed by atoms with E-state index in [0.29, 0.717) is 0 Å². The summed E-state index contributed by atoms with van der Waals surface area (Å²) in [6.45, 7) is 0. The monoisotopic (exact) mass is 174 g/mol. The van der Waals surface area contributed by atoms with Crippen LogP contribution in [0.5, 0.6) is 5.88 Å². The second-order valence-corrected chi connectivity index (χ2v) is 2.97. The molecule has 1 aliphatic carbocycles. The minimum atomic E-state index is 0.150. The second-order valence-electron chi connectivity index (χ2n) is 2.97. The SMILES string of the molecule is Oc1cc2c([nH]1)=CCC1=NN=NC=21. The number of rotatable bonds is 0. The first-order valence-electron chi connectivity index (χ1n) is 3.95. The Morgan fingerprint density at radius 3 is 3.31 bits per heavy atom. The van der Waals surface area contributed by atoms with E-state index in [2.05, 4.69) is 20.4 Å². The molecule has 0 spiro atoms. The number of nitrogens with zero attached hydrogens (tertiary/aromatic N) is 3. The van der Waals surface area contributed by atoms with Gasteiger partial charge in [-0.05, 0) is 5.22 Å². The van der Waals surface area contributed by atoms with Crippen molar-refractivity contribution in [3.63, 3.8) is 0 Å². The summed E-state index contributed by atoms with van der Waals surface area (Å²) in [6.07, 6.45) is 2.68. The first kappa shape index (κ1) is 6.59. The molecule has 3 rings (SSSR count). The van der Waals surface area contributed by atoms with Gasteiger partial charge in [-0.15, -0.1) is 10.2 Å². The number of hydrogen-bond acceptors (Lipinski definition) is 4. The first-order chi connectivity index (χ1) is 6.34. The molecule has 0 bridgehead atoms. The lowest BCUT2D eigenvalue weighted by Crippen LogP contribution is -2.30. The van der Waals surface area contributed by atoms with Crippen LogP contribution in [0.15, 0.2) is 21.5 Å². The van der Waals surface area contributed by atoms with E-state index in [1.807, 2.05) is 6.08 Å². The number of aromatic nitrogens is 1. The third-order valence-electron chi connectivity index (χ3n) is 2.17. The molecule has 0 saturated carbocycles. The Balaban J connectivity index is 2.52. The van der Waals surface area contributed by atoms with Crippen molar-refractivity contribution < 1.29 is 5.11 Å². The Labute approximate surface area is 72.8 Å². The third kappa shape index (κ3) is 0.780. The highest BCUT2D eigenvalue weighted by atomic mass is 16.3. The summed E-state index contributed by atoms with van der Waals surface area (Å²) < 4.78 is 0. The van der Waals surface area contributed by atoms with Gasteiger partial charge in [-0.2, -0.15) is 0 Å². The van der Waals surface area contributed by atoms with Gasteiger partial charge in [0.15, 0.2) is 5.88 Å². The van der Waals surface area contributed by atoms with Crippen molar-refractivity contribution in [2.45, 2.75) is 6.42 Å². The lowest BCUT2D eigenvalue weighted by Gasteiger charge is -1.98. The minimum Gasteiger partial charge on any atom is -0.495 e. The fraction of sp³-hybridized carbons (Fsp3) is 0.125. The Hall–Kier alpha value is -1.91. The molecule has 0 amide bonds. The van der Waals surface area contributed by atoms with Gasteiger partial charge < -0.3 is 10.1 Å². The van der Waals surface area contributed by atoms with Gasteiger partial charge in [-0.3, -0.25) is 0 Å².